The molecule has 0 bridgehead atoms. The van der Waals surface area contributed by atoms with Crippen LogP contribution in [0.1, 0.15) is 12.8 Å². The van der Waals surface area contributed by atoms with Crippen molar-refractivity contribution in [2.45, 2.75) is 12.8 Å². The Kier molecular flexibility index (Phi) is 4.09. The van der Waals surface area contributed by atoms with Gasteiger partial charge in [0.15, 0.2) is 0 Å². The number of carbonyl (C=O) groups is 1. The number of nitrogen functional groups attached to an aromatic ring is 1. The van der Waals surface area contributed by atoms with Crippen LogP contribution in [0.2, 0.25) is 0 Å². The number of likely N-dealkylation sites (N-methyl/N-ethyl adjacent to an activating group) is 1. The molecule has 0 saturated carbocycles. The summed E-state index contributed by atoms with van der Waals surface area (Å²) in [6.45, 7) is 2.05. The van der Waals surface area contributed by atoms with E-state index in [4.69, 9.17) is 10.5 Å². The molecule has 1 fully saturated rings. The highest BCUT2D eigenvalue weighted by molar-refractivity contribution is 5.81. The summed E-state index contributed by atoms with van der Waals surface area (Å²) in [5.41, 5.74) is 6.21. The van der Waals surface area contributed by atoms with Crippen molar-refractivity contribution >= 4 is 17.4 Å². The second-order valence-corrected chi connectivity index (χ2v) is 4.71. The Bertz CT molecular complexity index is 458. The van der Waals surface area contributed by atoms with Gasteiger partial charge in [-0.2, -0.15) is 4.98 Å². The lowest BCUT2D eigenvalue weighted by Gasteiger charge is -2.22. The highest BCUT2D eigenvalue weighted by Gasteiger charge is 2.19. The number of aromatic nitrogens is 1. The fraction of sp³-hybridized carbons (Fsp3) is 0.538. The summed E-state index contributed by atoms with van der Waals surface area (Å²) in [6.07, 6.45) is 2.20. The lowest BCUT2D eigenvalue weighted by atomic mass is 10.3. The van der Waals surface area contributed by atoms with Gasteiger partial charge in [-0.05, 0) is 25.0 Å². The van der Waals surface area contributed by atoms with Gasteiger partial charge in [0.2, 0.25) is 11.8 Å². The van der Waals surface area contributed by atoms with Gasteiger partial charge in [0.05, 0.1) is 19.3 Å². The molecule has 1 aromatic heterocycles. The van der Waals surface area contributed by atoms with Crippen LogP contribution in [-0.2, 0) is 4.79 Å². The van der Waals surface area contributed by atoms with Crippen molar-refractivity contribution in [3.05, 3.63) is 12.1 Å². The number of rotatable bonds is 4. The van der Waals surface area contributed by atoms with Crippen LogP contribution in [0.3, 0.4) is 0 Å². The Morgan fingerprint density at radius 3 is 2.79 bits per heavy atom. The fourth-order valence-corrected chi connectivity index (χ4v) is 2.17. The maximum Gasteiger partial charge on any atom is 0.242 e. The van der Waals surface area contributed by atoms with Crippen molar-refractivity contribution in [1.82, 2.24) is 9.88 Å². The Morgan fingerprint density at radius 2 is 2.16 bits per heavy atom. The van der Waals surface area contributed by atoms with Gasteiger partial charge in [0.1, 0.15) is 5.82 Å². The molecule has 1 aliphatic rings. The molecule has 1 aromatic rings. The molecule has 1 saturated heterocycles. The lowest BCUT2D eigenvalue weighted by molar-refractivity contribution is -0.128. The number of methoxy groups -OCH3 is 1. The topological polar surface area (TPSA) is 71.7 Å². The molecule has 19 heavy (non-hydrogen) atoms. The van der Waals surface area contributed by atoms with Crippen molar-refractivity contribution in [3.63, 3.8) is 0 Å². The van der Waals surface area contributed by atoms with Crippen molar-refractivity contribution in [1.29, 1.82) is 0 Å². The zero-order valence-electron chi connectivity index (χ0n) is 11.4. The summed E-state index contributed by atoms with van der Waals surface area (Å²) in [4.78, 5) is 20.0. The monoisotopic (exact) mass is 264 g/mol. The molecular formula is C13H20N4O2. The third-order valence-electron chi connectivity index (χ3n) is 3.29. The van der Waals surface area contributed by atoms with Crippen LogP contribution >= 0.6 is 0 Å². The standard InChI is InChI=1S/C13H20N4O2/c1-16(9-12(18)17-7-3-4-8-17)11-6-5-10(14)13(15-11)19-2/h5-6H,3-4,7-9,14H2,1-2H3. The van der Waals surface area contributed by atoms with Crippen LogP contribution in [0.4, 0.5) is 11.5 Å². The number of ether oxygens (including phenoxy) is 1. The number of nitrogens with zero attached hydrogens (tertiary/aromatic N) is 3. The van der Waals surface area contributed by atoms with E-state index in [9.17, 15) is 4.79 Å². The Morgan fingerprint density at radius 1 is 1.47 bits per heavy atom. The molecule has 104 valence electrons. The van der Waals surface area contributed by atoms with Gasteiger partial charge in [-0.1, -0.05) is 0 Å². The van der Waals surface area contributed by atoms with Crippen LogP contribution in [0.25, 0.3) is 0 Å². The van der Waals surface area contributed by atoms with E-state index in [1.165, 1.54) is 7.11 Å². The molecule has 0 atom stereocenters. The van der Waals surface area contributed by atoms with E-state index in [0.29, 0.717) is 23.9 Å². The van der Waals surface area contributed by atoms with Crippen molar-refractivity contribution in [2.24, 2.45) is 0 Å². The molecule has 0 radical (unpaired) electrons. The summed E-state index contributed by atoms with van der Waals surface area (Å²) in [5, 5.41) is 0. The van der Waals surface area contributed by atoms with Gasteiger partial charge in [0.25, 0.3) is 0 Å². The Balaban J connectivity index is 2.02. The fourth-order valence-electron chi connectivity index (χ4n) is 2.17. The molecule has 6 nitrogen and oxygen atoms in total. The van der Waals surface area contributed by atoms with E-state index < -0.39 is 0 Å². The first-order chi connectivity index (χ1) is 9.11. The number of pyridine rings is 1. The third-order valence-corrected chi connectivity index (χ3v) is 3.29. The quantitative estimate of drug-likeness (QED) is 0.868. The Labute approximate surface area is 113 Å². The van der Waals surface area contributed by atoms with E-state index in [-0.39, 0.29) is 5.91 Å². The van der Waals surface area contributed by atoms with Crippen molar-refractivity contribution in [2.75, 3.05) is 44.4 Å². The molecule has 1 amide bonds. The zero-order chi connectivity index (χ0) is 13.8. The molecule has 0 aromatic carbocycles. The van der Waals surface area contributed by atoms with Crippen LogP contribution in [0, 0.1) is 0 Å². The number of hydrogen-bond donors (Lipinski definition) is 1. The minimum absolute atomic E-state index is 0.137. The molecule has 0 spiro atoms. The number of carbonyl (C=O) groups excluding carboxylic acids is 1. The maximum atomic E-state index is 12.1. The maximum absolute atomic E-state index is 12.1. The number of likely N-dealkylation sites (tertiary alicyclic amines) is 1. The molecule has 2 heterocycles. The van der Waals surface area contributed by atoms with E-state index in [1.807, 2.05) is 16.8 Å². The first kappa shape index (κ1) is 13.5. The van der Waals surface area contributed by atoms with Gasteiger partial charge in [0, 0.05) is 20.1 Å². The molecular weight excluding hydrogens is 244 g/mol. The van der Waals surface area contributed by atoms with Gasteiger partial charge in [-0.15, -0.1) is 0 Å². The normalized spacial score (nSPS) is 14.5. The number of amides is 1. The predicted octanol–water partition coefficient (Wildman–Crippen LogP) is 0.731. The highest BCUT2D eigenvalue weighted by Crippen LogP contribution is 2.22. The smallest absolute Gasteiger partial charge is 0.242 e. The van der Waals surface area contributed by atoms with E-state index in [0.717, 1.165) is 25.9 Å². The summed E-state index contributed by atoms with van der Waals surface area (Å²) < 4.78 is 5.08. The van der Waals surface area contributed by atoms with E-state index >= 15 is 0 Å². The van der Waals surface area contributed by atoms with Crippen molar-refractivity contribution < 1.29 is 9.53 Å². The van der Waals surface area contributed by atoms with E-state index in [1.54, 1.807) is 12.1 Å². The van der Waals surface area contributed by atoms with Gasteiger partial charge in [-0.25, -0.2) is 0 Å². The first-order valence-corrected chi connectivity index (χ1v) is 6.41. The minimum atomic E-state index is 0.137. The minimum Gasteiger partial charge on any atom is -0.479 e. The molecule has 1 aliphatic heterocycles. The third kappa shape index (κ3) is 3.07. The average Bonchev–Trinajstić information content (AvgIpc) is 2.93. The summed E-state index contributed by atoms with van der Waals surface area (Å²) in [6, 6.07) is 3.52. The summed E-state index contributed by atoms with van der Waals surface area (Å²) >= 11 is 0. The van der Waals surface area contributed by atoms with Crippen LogP contribution < -0.4 is 15.4 Å². The predicted molar refractivity (Wildman–Crippen MR) is 74.3 cm³/mol. The van der Waals surface area contributed by atoms with Gasteiger partial charge in [-0.3, -0.25) is 4.79 Å². The summed E-state index contributed by atoms with van der Waals surface area (Å²) in [7, 11) is 3.36. The molecule has 0 aliphatic carbocycles. The SMILES string of the molecule is COc1nc(N(C)CC(=O)N2CCCC2)ccc1N. The largest absolute Gasteiger partial charge is 0.479 e. The van der Waals surface area contributed by atoms with Crippen LogP contribution in [-0.4, -0.2) is 49.6 Å². The Hall–Kier alpha value is -1.98. The van der Waals surface area contributed by atoms with Crippen LogP contribution in [0.15, 0.2) is 12.1 Å². The summed E-state index contributed by atoms with van der Waals surface area (Å²) in [5.74, 6) is 1.20. The van der Waals surface area contributed by atoms with E-state index in [2.05, 4.69) is 4.98 Å². The number of hydrogen-bond acceptors (Lipinski definition) is 5. The first-order valence-electron chi connectivity index (χ1n) is 6.41. The second kappa shape index (κ2) is 5.77. The van der Waals surface area contributed by atoms with Crippen LogP contribution in [0.5, 0.6) is 5.88 Å². The zero-order valence-corrected chi connectivity index (χ0v) is 11.4. The molecule has 0 unspecified atom stereocenters. The molecule has 2 N–H and O–H groups in total. The lowest BCUT2D eigenvalue weighted by Crippen LogP contribution is -2.37. The number of nitrogens with two attached hydrogens (primary N) is 1. The molecule has 6 heteroatoms. The van der Waals surface area contributed by atoms with Gasteiger partial charge < -0.3 is 20.3 Å². The molecule has 2 rings (SSSR count). The number of anilines is 2. The average molecular weight is 264 g/mol. The second-order valence-electron chi connectivity index (χ2n) is 4.71. The highest BCUT2D eigenvalue weighted by atomic mass is 16.5. The van der Waals surface area contributed by atoms with Crippen molar-refractivity contribution in [3.8, 4) is 5.88 Å². The van der Waals surface area contributed by atoms with Gasteiger partial charge >= 0.3 is 0 Å².